The summed E-state index contributed by atoms with van der Waals surface area (Å²) in [6.45, 7) is 0.342. The van der Waals surface area contributed by atoms with Crippen molar-refractivity contribution in [1.29, 1.82) is 0 Å². The summed E-state index contributed by atoms with van der Waals surface area (Å²) < 4.78 is 12.7. The zero-order chi connectivity index (χ0) is 10.7. The number of nitrogens with zero attached hydrogens (tertiary/aromatic N) is 2. The van der Waals surface area contributed by atoms with Crippen molar-refractivity contribution in [3.63, 3.8) is 0 Å². The molecule has 2 rings (SSSR count). The van der Waals surface area contributed by atoms with Crippen LogP contribution in [0.2, 0.25) is 0 Å². The van der Waals surface area contributed by atoms with E-state index in [1.807, 2.05) is 0 Å². The van der Waals surface area contributed by atoms with Gasteiger partial charge in [-0.05, 0) is 17.7 Å². The molecule has 0 amide bonds. The Morgan fingerprint density at radius 2 is 1.93 bits per heavy atom. The normalized spacial score (nSPS) is 10.3. The number of nitrogens with two attached hydrogens (primary N) is 1. The molecule has 0 aliphatic heterocycles. The fourth-order valence-electron chi connectivity index (χ4n) is 1.39. The van der Waals surface area contributed by atoms with Crippen molar-refractivity contribution in [2.75, 3.05) is 0 Å². The Morgan fingerprint density at radius 3 is 2.60 bits per heavy atom. The van der Waals surface area contributed by atoms with Crippen molar-refractivity contribution in [3.05, 3.63) is 48.3 Å². The average Bonchev–Trinajstić information content (AvgIpc) is 2.30. The molecule has 0 fully saturated rings. The lowest BCUT2D eigenvalue weighted by molar-refractivity contribution is 0.628. The summed E-state index contributed by atoms with van der Waals surface area (Å²) >= 11 is 0. The van der Waals surface area contributed by atoms with Gasteiger partial charge in [0.05, 0.1) is 5.69 Å². The smallest absolute Gasteiger partial charge is 0.123 e. The lowest BCUT2D eigenvalue weighted by Crippen LogP contribution is -2.02. The maximum Gasteiger partial charge on any atom is 0.123 e. The average molecular weight is 203 g/mol. The summed E-state index contributed by atoms with van der Waals surface area (Å²) in [6, 6.07) is 6.19. The van der Waals surface area contributed by atoms with Crippen molar-refractivity contribution in [2.24, 2.45) is 5.73 Å². The minimum Gasteiger partial charge on any atom is -0.325 e. The van der Waals surface area contributed by atoms with Crippen molar-refractivity contribution < 1.29 is 4.39 Å². The van der Waals surface area contributed by atoms with Gasteiger partial charge in [-0.1, -0.05) is 12.1 Å². The van der Waals surface area contributed by atoms with E-state index in [1.165, 1.54) is 18.5 Å². The molecule has 3 nitrogen and oxygen atoms in total. The van der Waals surface area contributed by atoms with Gasteiger partial charge in [-0.2, -0.15) is 0 Å². The highest BCUT2D eigenvalue weighted by Gasteiger charge is 2.04. The highest BCUT2D eigenvalue weighted by atomic mass is 19.1. The summed E-state index contributed by atoms with van der Waals surface area (Å²) in [5.74, 6) is -0.259. The van der Waals surface area contributed by atoms with Crippen LogP contribution in [0.5, 0.6) is 0 Å². The van der Waals surface area contributed by atoms with E-state index in [0.717, 1.165) is 16.8 Å². The van der Waals surface area contributed by atoms with Gasteiger partial charge in [-0.3, -0.25) is 0 Å². The van der Waals surface area contributed by atoms with E-state index in [0.29, 0.717) is 6.54 Å². The Kier molecular flexibility index (Phi) is 2.69. The predicted molar refractivity (Wildman–Crippen MR) is 55.3 cm³/mol. The number of rotatable bonds is 2. The molecule has 4 heteroatoms. The van der Waals surface area contributed by atoms with E-state index in [4.69, 9.17) is 5.73 Å². The van der Waals surface area contributed by atoms with Crippen LogP contribution in [0.15, 0.2) is 36.8 Å². The minimum absolute atomic E-state index is 0.259. The molecule has 2 aromatic rings. The second kappa shape index (κ2) is 4.14. The van der Waals surface area contributed by atoms with E-state index in [9.17, 15) is 4.39 Å². The van der Waals surface area contributed by atoms with Gasteiger partial charge in [-0.25, -0.2) is 14.4 Å². The molecule has 2 N–H and O–H groups in total. The van der Waals surface area contributed by atoms with E-state index >= 15 is 0 Å². The Hall–Kier alpha value is -1.81. The molecule has 0 spiro atoms. The predicted octanol–water partition coefficient (Wildman–Crippen LogP) is 1.74. The van der Waals surface area contributed by atoms with Crippen LogP contribution < -0.4 is 5.73 Å². The van der Waals surface area contributed by atoms with Gasteiger partial charge in [0.15, 0.2) is 0 Å². The highest BCUT2D eigenvalue weighted by Crippen LogP contribution is 2.20. The fraction of sp³-hybridized carbons (Fsp3) is 0.0909. The standard InChI is InChI=1S/C11H10FN3/c12-9-3-1-8(2-4-9)10-6-14-7-15-11(10)5-13/h1-4,6-7H,5,13H2. The van der Waals surface area contributed by atoms with Crippen molar-refractivity contribution in [2.45, 2.75) is 6.54 Å². The molecule has 0 radical (unpaired) electrons. The third kappa shape index (κ3) is 1.99. The first-order valence-electron chi connectivity index (χ1n) is 4.56. The monoisotopic (exact) mass is 203 g/mol. The van der Waals surface area contributed by atoms with Gasteiger partial charge in [0.2, 0.25) is 0 Å². The molecule has 0 saturated carbocycles. The topological polar surface area (TPSA) is 51.8 Å². The van der Waals surface area contributed by atoms with Gasteiger partial charge in [0.25, 0.3) is 0 Å². The second-order valence-corrected chi connectivity index (χ2v) is 3.09. The Morgan fingerprint density at radius 1 is 1.20 bits per heavy atom. The largest absolute Gasteiger partial charge is 0.325 e. The first-order valence-corrected chi connectivity index (χ1v) is 4.56. The van der Waals surface area contributed by atoms with Crippen LogP contribution >= 0.6 is 0 Å². The van der Waals surface area contributed by atoms with E-state index in [1.54, 1.807) is 18.3 Å². The summed E-state index contributed by atoms with van der Waals surface area (Å²) in [5, 5.41) is 0. The molecule has 15 heavy (non-hydrogen) atoms. The maximum absolute atomic E-state index is 12.7. The molecule has 0 aliphatic carbocycles. The molecule has 1 aromatic heterocycles. The van der Waals surface area contributed by atoms with Crippen LogP contribution in [0.25, 0.3) is 11.1 Å². The molecular formula is C11H10FN3. The molecule has 76 valence electrons. The van der Waals surface area contributed by atoms with Crippen LogP contribution in [0, 0.1) is 5.82 Å². The van der Waals surface area contributed by atoms with Crippen LogP contribution in [-0.2, 0) is 6.54 Å². The number of hydrogen-bond acceptors (Lipinski definition) is 3. The molecular weight excluding hydrogens is 193 g/mol. The van der Waals surface area contributed by atoms with Crippen LogP contribution in [0.1, 0.15) is 5.69 Å². The molecule has 0 aliphatic rings. The van der Waals surface area contributed by atoms with Gasteiger partial charge >= 0.3 is 0 Å². The first kappa shape index (κ1) is 9.73. The number of hydrogen-bond donors (Lipinski definition) is 1. The fourth-order valence-corrected chi connectivity index (χ4v) is 1.39. The zero-order valence-electron chi connectivity index (χ0n) is 8.02. The van der Waals surface area contributed by atoms with Gasteiger partial charge in [0, 0.05) is 18.3 Å². The lowest BCUT2D eigenvalue weighted by Gasteiger charge is -2.05. The van der Waals surface area contributed by atoms with E-state index in [-0.39, 0.29) is 5.82 Å². The molecule has 0 bridgehead atoms. The number of aromatic nitrogens is 2. The van der Waals surface area contributed by atoms with Crippen LogP contribution in [0.3, 0.4) is 0 Å². The summed E-state index contributed by atoms with van der Waals surface area (Å²) in [5.41, 5.74) is 8.03. The first-order chi connectivity index (χ1) is 7.31. The second-order valence-electron chi connectivity index (χ2n) is 3.09. The molecule has 1 heterocycles. The van der Waals surface area contributed by atoms with Gasteiger partial charge in [-0.15, -0.1) is 0 Å². The third-order valence-electron chi connectivity index (χ3n) is 2.14. The molecule has 0 saturated heterocycles. The van der Waals surface area contributed by atoms with Crippen LogP contribution in [0.4, 0.5) is 4.39 Å². The van der Waals surface area contributed by atoms with Crippen molar-refractivity contribution in [3.8, 4) is 11.1 Å². The Bertz CT molecular complexity index is 454. The summed E-state index contributed by atoms with van der Waals surface area (Å²) in [4.78, 5) is 8.00. The van der Waals surface area contributed by atoms with Gasteiger partial charge in [0.1, 0.15) is 12.1 Å². The molecule has 1 aromatic carbocycles. The number of benzene rings is 1. The maximum atomic E-state index is 12.7. The highest BCUT2D eigenvalue weighted by molar-refractivity contribution is 5.64. The Labute approximate surface area is 86.8 Å². The van der Waals surface area contributed by atoms with Crippen molar-refractivity contribution in [1.82, 2.24) is 9.97 Å². The minimum atomic E-state index is -0.259. The lowest BCUT2D eigenvalue weighted by atomic mass is 10.1. The van der Waals surface area contributed by atoms with E-state index < -0.39 is 0 Å². The number of halogens is 1. The SMILES string of the molecule is NCc1ncncc1-c1ccc(F)cc1. The van der Waals surface area contributed by atoms with Gasteiger partial charge < -0.3 is 5.73 Å². The third-order valence-corrected chi connectivity index (χ3v) is 2.14. The summed E-state index contributed by atoms with van der Waals surface area (Å²) in [7, 11) is 0. The van der Waals surface area contributed by atoms with E-state index in [2.05, 4.69) is 9.97 Å². The van der Waals surface area contributed by atoms with Crippen molar-refractivity contribution >= 4 is 0 Å². The quantitative estimate of drug-likeness (QED) is 0.808. The molecule has 0 atom stereocenters. The Balaban J connectivity index is 2.49. The molecule has 0 unspecified atom stereocenters. The zero-order valence-corrected chi connectivity index (χ0v) is 8.02. The van der Waals surface area contributed by atoms with Crippen LogP contribution in [-0.4, -0.2) is 9.97 Å². The summed E-state index contributed by atoms with van der Waals surface area (Å²) in [6.07, 6.45) is 3.14.